The summed E-state index contributed by atoms with van der Waals surface area (Å²) in [5.74, 6) is -0.456. The number of hydrogen-bond donors (Lipinski definition) is 1. The molecule has 3 aromatic carbocycles. The van der Waals surface area contributed by atoms with Crippen LogP contribution in [0.1, 0.15) is 22.3 Å². The number of nitrogens with two attached hydrogens (primary N) is 1. The average Bonchev–Trinajstić information content (AvgIpc) is 2.74. The van der Waals surface area contributed by atoms with Crippen LogP contribution in [0.2, 0.25) is 10.0 Å². The highest BCUT2D eigenvalue weighted by Crippen LogP contribution is 2.31. The van der Waals surface area contributed by atoms with Crippen molar-refractivity contribution < 1.29 is 9.18 Å². The van der Waals surface area contributed by atoms with Gasteiger partial charge in [-0.2, -0.15) is 0 Å². The summed E-state index contributed by atoms with van der Waals surface area (Å²) in [6.07, 6.45) is 0.793. The molecule has 30 heavy (non-hydrogen) atoms. The molecule has 156 valence electrons. The lowest BCUT2D eigenvalue weighted by Crippen LogP contribution is -2.42. The molecule has 0 aromatic heterocycles. The molecule has 6 heteroatoms. The molecule has 0 saturated heterocycles. The van der Waals surface area contributed by atoms with Crippen LogP contribution in [0.4, 0.5) is 4.39 Å². The van der Waals surface area contributed by atoms with Crippen molar-refractivity contribution in [3.8, 4) is 0 Å². The van der Waals surface area contributed by atoms with Gasteiger partial charge in [0.25, 0.3) is 0 Å². The number of hydrogen-bond acceptors (Lipinski definition) is 2. The monoisotopic (exact) mass is 444 g/mol. The van der Waals surface area contributed by atoms with Crippen molar-refractivity contribution in [3.05, 3.63) is 105 Å². The summed E-state index contributed by atoms with van der Waals surface area (Å²) < 4.78 is 13.2. The second-order valence-corrected chi connectivity index (χ2v) is 8.08. The molecule has 1 amide bonds. The van der Waals surface area contributed by atoms with Crippen molar-refractivity contribution in [1.82, 2.24) is 4.90 Å². The standard InChI is InChI=1S/C24H23Cl2FN2O/c1-29(15-17-5-3-2-4-6-17)24(30)22(28)14-18-9-12-21(25)23(26)20(18)13-16-7-10-19(27)11-8-16/h2-12,22H,13-15,28H2,1H3. The van der Waals surface area contributed by atoms with Gasteiger partial charge < -0.3 is 10.6 Å². The van der Waals surface area contributed by atoms with E-state index < -0.39 is 6.04 Å². The fraction of sp³-hybridized carbons (Fsp3) is 0.208. The van der Waals surface area contributed by atoms with Crippen LogP contribution >= 0.6 is 23.2 Å². The highest BCUT2D eigenvalue weighted by molar-refractivity contribution is 6.42. The molecule has 0 spiro atoms. The third kappa shape index (κ3) is 5.60. The number of nitrogens with zero attached hydrogens (tertiary/aromatic N) is 1. The number of carbonyl (C=O) groups is 1. The van der Waals surface area contributed by atoms with E-state index in [-0.39, 0.29) is 11.7 Å². The molecule has 1 atom stereocenters. The predicted molar refractivity (Wildman–Crippen MR) is 120 cm³/mol. The molecular weight excluding hydrogens is 422 g/mol. The number of carbonyl (C=O) groups excluding carboxylic acids is 1. The van der Waals surface area contributed by atoms with Gasteiger partial charge in [-0.15, -0.1) is 0 Å². The van der Waals surface area contributed by atoms with Crippen LogP contribution in [0, 0.1) is 5.82 Å². The van der Waals surface area contributed by atoms with E-state index in [1.165, 1.54) is 12.1 Å². The van der Waals surface area contributed by atoms with E-state index in [4.69, 9.17) is 28.9 Å². The molecule has 1 unspecified atom stereocenters. The van der Waals surface area contributed by atoms with E-state index in [1.807, 2.05) is 36.4 Å². The molecule has 3 aromatic rings. The number of benzene rings is 3. The maximum absolute atomic E-state index is 13.2. The molecule has 3 nitrogen and oxygen atoms in total. The van der Waals surface area contributed by atoms with E-state index in [1.54, 1.807) is 30.1 Å². The highest BCUT2D eigenvalue weighted by atomic mass is 35.5. The minimum atomic E-state index is -0.720. The lowest BCUT2D eigenvalue weighted by atomic mass is 9.95. The maximum atomic E-state index is 13.2. The quantitative estimate of drug-likeness (QED) is 0.540. The number of amides is 1. The van der Waals surface area contributed by atoms with Crippen molar-refractivity contribution in [1.29, 1.82) is 0 Å². The van der Waals surface area contributed by atoms with Crippen LogP contribution in [0.3, 0.4) is 0 Å². The highest BCUT2D eigenvalue weighted by Gasteiger charge is 2.21. The van der Waals surface area contributed by atoms with Gasteiger partial charge in [-0.3, -0.25) is 4.79 Å². The first kappa shape index (κ1) is 22.3. The van der Waals surface area contributed by atoms with E-state index in [9.17, 15) is 9.18 Å². The van der Waals surface area contributed by atoms with Gasteiger partial charge in [0.05, 0.1) is 16.1 Å². The molecule has 0 radical (unpaired) electrons. The topological polar surface area (TPSA) is 46.3 Å². The van der Waals surface area contributed by atoms with Gasteiger partial charge in [0.1, 0.15) is 5.82 Å². The van der Waals surface area contributed by atoms with Crippen LogP contribution in [-0.4, -0.2) is 23.9 Å². The Balaban J connectivity index is 1.77. The van der Waals surface area contributed by atoms with Gasteiger partial charge in [-0.25, -0.2) is 4.39 Å². The molecule has 0 saturated carbocycles. The zero-order valence-corrected chi connectivity index (χ0v) is 18.1. The molecule has 0 aliphatic rings. The zero-order chi connectivity index (χ0) is 21.7. The van der Waals surface area contributed by atoms with Gasteiger partial charge in [0, 0.05) is 13.6 Å². The minimum Gasteiger partial charge on any atom is -0.340 e. The van der Waals surface area contributed by atoms with Crippen LogP contribution in [0.25, 0.3) is 0 Å². The fourth-order valence-electron chi connectivity index (χ4n) is 3.36. The summed E-state index contributed by atoms with van der Waals surface area (Å²) in [6.45, 7) is 0.483. The van der Waals surface area contributed by atoms with Crippen molar-refractivity contribution in [3.63, 3.8) is 0 Å². The molecule has 0 fully saturated rings. The predicted octanol–water partition coefficient (Wildman–Crippen LogP) is 5.25. The Hall–Kier alpha value is -2.40. The summed E-state index contributed by atoms with van der Waals surface area (Å²) in [5, 5.41) is 0.856. The summed E-state index contributed by atoms with van der Waals surface area (Å²) in [5.41, 5.74) is 9.83. The first-order valence-electron chi connectivity index (χ1n) is 9.60. The van der Waals surface area contributed by atoms with Gasteiger partial charge in [0.15, 0.2) is 0 Å². The first-order chi connectivity index (χ1) is 14.3. The van der Waals surface area contributed by atoms with E-state index in [0.717, 1.165) is 22.3 Å². The van der Waals surface area contributed by atoms with Gasteiger partial charge in [-0.05, 0) is 53.3 Å². The Morgan fingerprint density at radius 1 is 1.00 bits per heavy atom. The largest absolute Gasteiger partial charge is 0.340 e. The van der Waals surface area contributed by atoms with E-state index in [0.29, 0.717) is 29.4 Å². The number of halogens is 3. The number of likely N-dealkylation sites (N-methyl/N-ethyl adjacent to an activating group) is 1. The average molecular weight is 445 g/mol. The van der Waals surface area contributed by atoms with Crippen molar-refractivity contribution in [2.45, 2.75) is 25.4 Å². The molecule has 3 rings (SSSR count). The molecule has 0 bridgehead atoms. The summed E-state index contributed by atoms with van der Waals surface area (Å²) in [7, 11) is 1.74. The fourth-order valence-corrected chi connectivity index (χ4v) is 3.79. The molecule has 0 aliphatic heterocycles. The Labute approximate surface area is 186 Å². The van der Waals surface area contributed by atoms with E-state index in [2.05, 4.69) is 0 Å². The molecule has 0 heterocycles. The van der Waals surface area contributed by atoms with Crippen LogP contribution in [-0.2, 0) is 24.2 Å². The Kier molecular flexibility index (Phi) is 7.48. The summed E-state index contributed by atoms with van der Waals surface area (Å²) >= 11 is 12.7. The minimum absolute atomic E-state index is 0.155. The van der Waals surface area contributed by atoms with E-state index >= 15 is 0 Å². The third-order valence-corrected chi connectivity index (χ3v) is 5.83. The molecular formula is C24H23Cl2FN2O. The second kappa shape index (κ2) is 10.1. The summed E-state index contributed by atoms with van der Waals surface area (Å²) in [4.78, 5) is 14.4. The van der Waals surface area contributed by atoms with Crippen LogP contribution in [0.15, 0.2) is 66.7 Å². The smallest absolute Gasteiger partial charge is 0.239 e. The SMILES string of the molecule is CN(Cc1ccccc1)C(=O)C(N)Cc1ccc(Cl)c(Cl)c1Cc1ccc(F)cc1. The Morgan fingerprint density at radius 2 is 1.67 bits per heavy atom. The van der Waals surface area contributed by atoms with Crippen LogP contribution < -0.4 is 5.73 Å². The maximum Gasteiger partial charge on any atom is 0.239 e. The normalized spacial score (nSPS) is 11.9. The number of rotatable bonds is 7. The first-order valence-corrected chi connectivity index (χ1v) is 10.4. The Bertz CT molecular complexity index is 1010. The van der Waals surface area contributed by atoms with Crippen molar-refractivity contribution >= 4 is 29.1 Å². The summed E-state index contributed by atoms with van der Waals surface area (Å²) in [6, 6.07) is 18.8. The van der Waals surface area contributed by atoms with Crippen molar-refractivity contribution in [2.75, 3.05) is 7.05 Å². The second-order valence-electron chi connectivity index (χ2n) is 7.29. The van der Waals surface area contributed by atoms with Gasteiger partial charge in [-0.1, -0.05) is 71.7 Å². The Morgan fingerprint density at radius 3 is 2.33 bits per heavy atom. The van der Waals surface area contributed by atoms with Gasteiger partial charge >= 0.3 is 0 Å². The zero-order valence-electron chi connectivity index (χ0n) is 16.6. The van der Waals surface area contributed by atoms with Gasteiger partial charge in [0.2, 0.25) is 5.91 Å². The van der Waals surface area contributed by atoms with Crippen LogP contribution in [0.5, 0.6) is 0 Å². The third-order valence-electron chi connectivity index (χ3n) is 4.98. The van der Waals surface area contributed by atoms with Crippen molar-refractivity contribution in [2.24, 2.45) is 5.73 Å². The lowest BCUT2D eigenvalue weighted by molar-refractivity contribution is -0.131. The lowest BCUT2D eigenvalue weighted by Gasteiger charge is -2.23. The molecule has 0 aliphatic carbocycles. The molecule has 2 N–H and O–H groups in total.